The van der Waals surface area contributed by atoms with Gasteiger partial charge in [-0.25, -0.2) is 4.79 Å². The Morgan fingerprint density at radius 3 is 2.51 bits per heavy atom. The van der Waals surface area contributed by atoms with E-state index in [2.05, 4.69) is 26.1 Å². The molecular formula is C28H31N3O4. The van der Waals surface area contributed by atoms with Gasteiger partial charge in [-0.1, -0.05) is 45.4 Å². The van der Waals surface area contributed by atoms with Gasteiger partial charge in [0.1, 0.15) is 0 Å². The van der Waals surface area contributed by atoms with E-state index in [4.69, 9.17) is 15.5 Å². The van der Waals surface area contributed by atoms with E-state index in [1.807, 2.05) is 24.3 Å². The molecule has 35 heavy (non-hydrogen) atoms. The van der Waals surface area contributed by atoms with Gasteiger partial charge in [0.15, 0.2) is 6.61 Å². The van der Waals surface area contributed by atoms with Crippen molar-refractivity contribution in [3.63, 3.8) is 0 Å². The largest absolute Gasteiger partial charge is 0.452 e. The number of aromatic nitrogens is 1. The predicted octanol–water partition coefficient (Wildman–Crippen LogP) is 4.67. The number of hydrogen-bond acceptors (Lipinski definition) is 5. The molecule has 7 nitrogen and oxygen atoms in total. The highest BCUT2D eigenvalue weighted by Gasteiger charge is 2.34. The van der Waals surface area contributed by atoms with E-state index in [9.17, 15) is 14.4 Å². The topological polar surface area (TPSA) is 111 Å². The summed E-state index contributed by atoms with van der Waals surface area (Å²) in [4.78, 5) is 41.9. The summed E-state index contributed by atoms with van der Waals surface area (Å²) in [6.45, 7) is 6.32. The number of benzene rings is 2. The quantitative estimate of drug-likeness (QED) is 0.485. The molecule has 0 fully saturated rings. The fourth-order valence-corrected chi connectivity index (χ4v) is 4.70. The molecule has 4 rings (SSSR count). The molecule has 0 radical (unpaired) electrons. The van der Waals surface area contributed by atoms with Gasteiger partial charge in [-0.3, -0.25) is 14.6 Å². The first-order valence-electron chi connectivity index (χ1n) is 12.0. The van der Waals surface area contributed by atoms with Gasteiger partial charge in [-0.15, -0.1) is 0 Å². The molecule has 0 saturated carbocycles. The number of aryl methyl sites for hydroxylation is 1. The van der Waals surface area contributed by atoms with E-state index < -0.39 is 24.4 Å². The summed E-state index contributed by atoms with van der Waals surface area (Å²) < 4.78 is 5.49. The van der Waals surface area contributed by atoms with Crippen molar-refractivity contribution >= 4 is 34.4 Å². The van der Waals surface area contributed by atoms with E-state index in [0.29, 0.717) is 22.7 Å². The lowest BCUT2D eigenvalue weighted by Crippen LogP contribution is -2.31. The number of carbonyl (C=O) groups is 3. The van der Waals surface area contributed by atoms with Gasteiger partial charge in [0.2, 0.25) is 5.91 Å². The molecule has 2 aromatic carbocycles. The Hall–Kier alpha value is -3.74. The van der Waals surface area contributed by atoms with Crippen molar-refractivity contribution in [2.24, 2.45) is 17.1 Å². The van der Waals surface area contributed by atoms with Crippen LogP contribution in [0.25, 0.3) is 10.9 Å². The first-order valence-corrected chi connectivity index (χ1v) is 12.0. The first-order chi connectivity index (χ1) is 16.7. The summed E-state index contributed by atoms with van der Waals surface area (Å²) in [6, 6.07) is 13.8. The van der Waals surface area contributed by atoms with Gasteiger partial charge in [-0.2, -0.15) is 0 Å². The molecule has 1 heterocycles. The highest BCUT2D eigenvalue weighted by Crippen LogP contribution is 2.41. The fraction of sp³-hybridized carbons (Fsp3) is 0.357. The van der Waals surface area contributed by atoms with E-state index in [0.717, 1.165) is 47.8 Å². The molecule has 182 valence electrons. The summed E-state index contributed by atoms with van der Waals surface area (Å²) >= 11 is 0. The number of rotatable bonds is 7. The number of esters is 1. The zero-order valence-corrected chi connectivity index (χ0v) is 20.4. The Morgan fingerprint density at radius 1 is 1.11 bits per heavy atom. The molecule has 0 saturated heterocycles. The smallest absolute Gasteiger partial charge is 0.339 e. The summed E-state index contributed by atoms with van der Waals surface area (Å²) in [6.07, 6.45) is 3.66. The minimum atomic E-state index is -0.547. The molecule has 1 aromatic heterocycles. The Labute approximate surface area is 205 Å². The lowest BCUT2D eigenvalue weighted by Gasteiger charge is -2.37. The SMILES string of the molecule is CCC(C)(C)C1CCc2nc3ccccc3c(C(=O)OCC(=O)Nc3ccc(C(N)=O)cc3)c2C1. The van der Waals surface area contributed by atoms with Crippen molar-refractivity contribution in [2.45, 2.75) is 46.5 Å². The zero-order valence-electron chi connectivity index (χ0n) is 20.4. The maximum atomic E-state index is 13.4. The number of ether oxygens (including phenoxy) is 1. The van der Waals surface area contributed by atoms with Crippen LogP contribution in [0.5, 0.6) is 0 Å². The van der Waals surface area contributed by atoms with E-state index in [1.165, 1.54) is 12.1 Å². The molecule has 1 atom stereocenters. The number of carbonyl (C=O) groups excluding carboxylic acids is 3. The third-order valence-electron chi connectivity index (χ3n) is 7.27. The number of primary amides is 1. The minimum Gasteiger partial charge on any atom is -0.452 e. The van der Waals surface area contributed by atoms with Crippen molar-refractivity contribution in [2.75, 3.05) is 11.9 Å². The molecule has 0 bridgehead atoms. The highest BCUT2D eigenvalue weighted by molar-refractivity contribution is 6.06. The molecular weight excluding hydrogens is 442 g/mol. The summed E-state index contributed by atoms with van der Waals surface area (Å²) in [5, 5.41) is 3.41. The molecule has 0 spiro atoms. The molecule has 1 aliphatic carbocycles. The Balaban J connectivity index is 1.55. The van der Waals surface area contributed by atoms with Crippen LogP contribution in [0, 0.1) is 11.3 Å². The second kappa shape index (κ2) is 9.86. The van der Waals surface area contributed by atoms with E-state index in [1.54, 1.807) is 12.1 Å². The second-order valence-electron chi connectivity index (χ2n) is 9.78. The molecule has 1 aliphatic rings. The Morgan fingerprint density at radius 2 is 1.83 bits per heavy atom. The summed E-state index contributed by atoms with van der Waals surface area (Å²) in [7, 11) is 0. The third kappa shape index (κ3) is 5.19. The monoisotopic (exact) mass is 473 g/mol. The second-order valence-corrected chi connectivity index (χ2v) is 9.78. The van der Waals surface area contributed by atoms with Crippen LogP contribution in [0.4, 0.5) is 5.69 Å². The Kier molecular flexibility index (Phi) is 6.87. The molecule has 7 heteroatoms. The normalized spacial score (nSPS) is 15.3. The number of amides is 2. The van der Waals surface area contributed by atoms with Crippen LogP contribution in [-0.2, 0) is 22.4 Å². The van der Waals surface area contributed by atoms with Gasteiger partial charge >= 0.3 is 5.97 Å². The minimum absolute atomic E-state index is 0.147. The van der Waals surface area contributed by atoms with Gasteiger partial charge < -0.3 is 15.8 Å². The van der Waals surface area contributed by atoms with Crippen molar-refractivity contribution in [3.8, 4) is 0 Å². The zero-order chi connectivity index (χ0) is 25.2. The van der Waals surface area contributed by atoms with Crippen LogP contribution in [0.15, 0.2) is 48.5 Å². The average molecular weight is 474 g/mol. The van der Waals surface area contributed by atoms with Crippen LogP contribution in [0.2, 0.25) is 0 Å². The van der Waals surface area contributed by atoms with Crippen molar-refractivity contribution < 1.29 is 19.1 Å². The van der Waals surface area contributed by atoms with Crippen LogP contribution < -0.4 is 11.1 Å². The van der Waals surface area contributed by atoms with Gasteiger partial charge in [0.25, 0.3) is 5.91 Å². The van der Waals surface area contributed by atoms with Crippen LogP contribution in [0.1, 0.15) is 65.6 Å². The molecule has 1 unspecified atom stereocenters. The molecule has 3 aromatic rings. The van der Waals surface area contributed by atoms with Gasteiger partial charge in [0, 0.05) is 22.3 Å². The molecule has 0 aliphatic heterocycles. The molecule has 3 N–H and O–H groups in total. The third-order valence-corrected chi connectivity index (χ3v) is 7.27. The number of nitrogens with two attached hydrogens (primary N) is 1. The molecule has 2 amide bonds. The number of nitrogens with zero attached hydrogens (tertiary/aromatic N) is 1. The number of pyridine rings is 1. The number of hydrogen-bond donors (Lipinski definition) is 2. The van der Waals surface area contributed by atoms with E-state index >= 15 is 0 Å². The standard InChI is InChI=1S/C28H31N3O4/c1-4-28(2,3)18-11-14-23-21(15-18)25(20-7-5-6-8-22(20)31-23)27(34)35-16-24(32)30-19-12-9-17(10-13-19)26(29)33/h5-10,12-13,18H,4,11,14-16H2,1-3H3,(H2,29,33)(H,30,32). The van der Waals surface area contributed by atoms with Gasteiger partial charge in [-0.05, 0) is 66.5 Å². The fourth-order valence-electron chi connectivity index (χ4n) is 4.70. The predicted molar refractivity (Wildman–Crippen MR) is 135 cm³/mol. The van der Waals surface area contributed by atoms with E-state index in [-0.39, 0.29) is 5.41 Å². The van der Waals surface area contributed by atoms with Crippen molar-refractivity contribution in [1.29, 1.82) is 0 Å². The summed E-state index contributed by atoms with van der Waals surface area (Å²) in [5.41, 5.74) is 9.36. The maximum Gasteiger partial charge on any atom is 0.339 e. The summed E-state index contributed by atoms with van der Waals surface area (Å²) in [5.74, 6) is -1.10. The van der Waals surface area contributed by atoms with Gasteiger partial charge in [0.05, 0.1) is 11.1 Å². The number of anilines is 1. The highest BCUT2D eigenvalue weighted by atomic mass is 16.5. The lowest BCUT2D eigenvalue weighted by atomic mass is 9.68. The number of nitrogens with one attached hydrogen (secondary N) is 1. The van der Waals surface area contributed by atoms with Crippen LogP contribution >= 0.6 is 0 Å². The Bertz CT molecular complexity index is 1280. The average Bonchev–Trinajstić information content (AvgIpc) is 2.85. The van der Waals surface area contributed by atoms with Crippen LogP contribution in [-0.4, -0.2) is 29.4 Å². The maximum absolute atomic E-state index is 13.4. The van der Waals surface area contributed by atoms with Crippen molar-refractivity contribution in [1.82, 2.24) is 4.98 Å². The lowest BCUT2D eigenvalue weighted by molar-refractivity contribution is -0.119. The number of para-hydroxylation sites is 1. The van der Waals surface area contributed by atoms with Crippen molar-refractivity contribution in [3.05, 3.63) is 70.9 Å². The first kappa shape index (κ1) is 24.4. The number of fused-ring (bicyclic) bond motifs is 2. The van der Waals surface area contributed by atoms with Crippen LogP contribution in [0.3, 0.4) is 0 Å².